The predicted octanol–water partition coefficient (Wildman–Crippen LogP) is 5.14. The van der Waals surface area contributed by atoms with Crippen LogP contribution >= 0.6 is 23.4 Å². The van der Waals surface area contributed by atoms with Crippen LogP contribution < -0.4 is 4.74 Å². The summed E-state index contributed by atoms with van der Waals surface area (Å²) in [6.07, 6.45) is 3.52. The Hall–Kier alpha value is -3.62. The second kappa shape index (κ2) is 8.73. The maximum atomic E-state index is 12.8. The Morgan fingerprint density at radius 1 is 1.15 bits per heavy atom. The van der Waals surface area contributed by atoms with E-state index in [4.69, 9.17) is 21.7 Å². The van der Waals surface area contributed by atoms with E-state index >= 15 is 0 Å². The molecule has 0 bridgehead atoms. The van der Waals surface area contributed by atoms with E-state index in [0.29, 0.717) is 15.2 Å². The Kier molecular flexibility index (Phi) is 5.62. The fourth-order valence-electron chi connectivity index (χ4n) is 3.47. The number of para-hydroxylation sites is 1. The van der Waals surface area contributed by atoms with Gasteiger partial charge >= 0.3 is 0 Å². The summed E-state index contributed by atoms with van der Waals surface area (Å²) in [7, 11) is 0. The minimum atomic E-state index is -0.478. The third-order valence-corrected chi connectivity index (χ3v) is 6.22. The third-order valence-electron chi connectivity index (χ3n) is 5.10. The summed E-state index contributed by atoms with van der Waals surface area (Å²) in [5, 5.41) is 16.0. The SMILES string of the molecule is Cc1ccccc1OCC1=NN2C(=N)/C(=C\c3cccn3-c3cccc(Cl)c3)C(=O)N=C2S1. The number of fused-ring (bicyclic) bond motifs is 1. The van der Waals surface area contributed by atoms with Crippen LogP contribution in [-0.4, -0.2) is 38.1 Å². The van der Waals surface area contributed by atoms with Crippen LogP contribution in [-0.2, 0) is 4.79 Å². The molecule has 3 heterocycles. The smallest absolute Gasteiger partial charge is 0.283 e. The molecule has 1 aromatic heterocycles. The van der Waals surface area contributed by atoms with Crippen LogP contribution in [0.5, 0.6) is 5.75 Å². The number of hydrogen-bond acceptors (Lipinski definition) is 5. The fraction of sp³-hybridized carbons (Fsp3) is 0.0833. The molecule has 2 aliphatic heterocycles. The molecule has 0 fully saturated rings. The second-order valence-electron chi connectivity index (χ2n) is 7.35. The van der Waals surface area contributed by atoms with Gasteiger partial charge in [0, 0.05) is 22.6 Å². The van der Waals surface area contributed by atoms with Crippen molar-refractivity contribution in [2.24, 2.45) is 10.1 Å². The van der Waals surface area contributed by atoms with Crippen LogP contribution in [0.25, 0.3) is 11.8 Å². The fourth-order valence-corrected chi connectivity index (χ4v) is 4.45. The number of hydrazone groups is 1. The van der Waals surface area contributed by atoms with Gasteiger partial charge in [-0.1, -0.05) is 35.9 Å². The van der Waals surface area contributed by atoms with Gasteiger partial charge in [-0.25, -0.2) is 0 Å². The van der Waals surface area contributed by atoms with Gasteiger partial charge in [-0.3, -0.25) is 10.2 Å². The minimum absolute atomic E-state index is 0.0257. The zero-order valence-electron chi connectivity index (χ0n) is 17.5. The molecule has 9 heteroatoms. The van der Waals surface area contributed by atoms with Crippen molar-refractivity contribution in [3.05, 3.63) is 88.7 Å². The number of aliphatic imine (C=N–C) groups is 1. The van der Waals surface area contributed by atoms with Crippen molar-refractivity contribution in [3.63, 3.8) is 0 Å². The van der Waals surface area contributed by atoms with Crippen LogP contribution in [0.15, 0.2) is 82.5 Å². The number of benzene rings is 2. The molecule has 0 aliphatic carbocycles. The van der Waals surface area contributed by atoms with E-state index in [0.717, 1.165) is 22.7 Å². The number of rotatable bonds is 5. The Balaban J connectivity index is 1.39. The van der Waals surface area contributed by atoms with Gasteiger partial charge in [0.15, 0.2) is 5.84 Å². The number of aryl methyl sites for hydroxylation is 1. The zero-order valence-corrected chi connectivity index (χ0v) is 19.1. The molecule has 1 N–H and O–H groups in total. The van der Waals surface area contributed by atoms with Crippen LogP contribution in [0, 0.1) is 12.3 Å². The molecular formula is C24H18ClN5O2S. The standard InChI is InChI=1S/C24H18ClN5O2S/c1-15-6-2-3-10-20(15)32-14-21-28-30-22(26)19(23(31)27-24(30)33-21)13-18-9-5-11-29(18)17-8-4-7-16(25)12-17/h2-13,26H,14H2,1H3/b19-13+,26-22?. The molecule has 0 saturated carbocycles. The number of amides is 1. The number of hydrogen-bond donors (Lipinski definition) is 1. The minimum Gasteiger partial charge on any atom is -0.486 e. The van der Waals surface area contributed by atoms with Gasteiger partial charge in [-0.05, 0) is 66.7 Å². The molecule has 0 atom stereocenters. The summed E-state index contributed by atoms with van der Waals surface area (Å²) in [6, 6.07) is 18.8. The number of nitrogens with one attached hydrogen (secondary N) is 1. The average Bonchev–Trinajstić information content (AvgIpc) is 3.43. The van der Waals surface area contributed by atoms with Crippen molar-refractivity contribution < 1.29 is 9.53 Å². The highest BCUT2D eigenvalue weighted by Crippen LogP contribution is 2.29. The van der Waals surface area contributed by atoms with E-state index in [1.165, 1.54) is 16.8 Å². The van der Waals surface area contributed by atoms with Crippen molar-refractivity contribution in [1.29, 1.82) is 5.41 Å². The quantitative estimate of drug-likeness (QED) is 0.518. The highest BCUT2D eigenvalue weighted by atomic mass is 35.5. The zero-order chi connectivity index (χ0) is 22.9. The molecule has 1 amide bonds. The molecule has 33 heavy (non-hydrogen) atoms. The maximum Gasteiger partial charge on any atom is 0.283 e. The molecule has 2 aliphatic rings. The van der Waals surface area contributed by atoms with Crippen molar-refractivity contribution >= 4 is 51.4 Å². The largest absolute Gasteiger partial charge is 0.486 e. The maximum absolute atomic E-state index is 12.8. The summed E-state index contributed by atoms with van der Waals surface area (Å²) in [5.41, 5.74) is 2.75. The first kappa shape index (κ1) is 21.2. The summed E-state index contributed by atoms with van der Waals surface area (Å²) < 4.78 is 7.75. The highest BCUT2D eigenvalue weighted by molar-refractivity contribution is 8.27. The number of amidine groups is 2. The van der Waals surface area contributed by atoms with Gasteiger partial charge < -0.3 is 9.30 Å². The number of thioether (sulfide) groups is 1. The predicted molar refractivity (Wildman–Crippen MR) is 132 cm³/mol. The molecule has 5 rings (SSSR count). The number of aromatic nitrogens is 1. The molecule has 3 aromatic rings. The molecular weight excluding hydrogens is 458 g/mol. The molecule has 0 unspecified atom stereocenters. The van der Waals surface area contributed by atoms with E-state index in [1.54, 1.807) is 12.1 Å². The first-order valence-corrected chi connectivity index (χ1v) is 11.3. The van der Waals surface area contributed by atoms with Gasteiger partial charge in [-0.15, -0.1) is 0 Å². The number of halogens is 1. The number of carbonyl (C=O) groups excluding carboxylic acids is 1. The van der Waals surface area contributed by atoms with Crippen molar-refractivity contribution in [2.75, 3.05) is 6.61 Å². The van der Waals surface area contributed by atoms with Crippen LogP contribution in [0.4, 0.5) is 0 Å². The second-order valence-corrected chi connectivity index (χ2v) is 8.83. The number of nitrogens with zero attached hydrogens (tertiary/aromatic N) is 4. The van der Waals surface area contributed by atoms with E-state index in [9.17, 15) is 4.79 Å². The van der Waals surface area contributed by atoms with E-state index in [2.05, 4.69) is 10.1 Å². The Labute approximate surface area is 199 Å². The lowest BCUT2D eigenvalue weighted by atomic mass is 10.1. The summed E-state index contributed by atoms with van der Waals surface area (Å²) in [4.78, 5) is 16.9. The molecule has 0 radical (unpaired) electrons. The first-order chi connectivity index (χ1) is 16.0. The molecule has 0 saturated heterocycles. The summed E-state index contributed by atoms with van der Waals surface area (Å²) in [6.45, 7) is 2.19. The van der Waals surface area contributed by atoms with Gasteiger partial charge in [-0.2, -0.15) is 15.1 Å². The Bertz CT molecular complexity index is 1370. The highest BCUT2D eigenvalue weighted by Gasteiger charge is 2.36. The van der Waals surface area contributed by atoms with Gasteiger partial charge in [0.2, 0.25) is 5.17 Å². The van der Waals surface area contributed by atoms with Crippen molar-refractivity contribution in [1.82, 2.24) is 9.58 Å². The topological polar surface area (TPSA) is 83.0 Å². The molecule has 0 spiro atoms. The molecule has 7 nitrogen and oxygen atoms in total. The normalized spacial score (nSPS) is 16.7. The molecule has 164 valence electrons. The Morgan fingerprint density at radius 2 is 2.00 bits per heavy atom. The number of carbonyl (C=O) groups is 1. The van der Waals surface area contributed by atoms with E-state index < -0.39 is 5.91 Å². The first-order valence-electron chi connectivity index (χ1n) is 10.1. The van der Waals surface area contributed by atoms with Crippen molar-refractivity contribution in [2.45, 2.75) is 6.92 Å². The van der Waals surface area contributed by atoms with Crippen LogP contribution in [0.3, 0.4) is 0 Å². The third kappa shape index (κ3) is 4.22. The Morgan fingerprint density at radius 3 is 2.82 bits per heavy atom. The molecule has 2 aromatic carbocycles. The van der Waals surface area contributed by atoms with Gasteiger partial charge in [0.25, 0.3) is 5.91 Å². The van der Waals surface area contributed by atoms with Crippen LogP contribution in [0.1, 0.15) is 11.3 Å². The summed E-state index contributed by atoms with van der Waals surface area (Å²) in [5.74, 6) is 0.261. The number of ether oxygens (including phenoxy) is 1. The average molecular weight is 476 g/mol. The lowest BCUT2D eigenvalue weighted by Gasteiger charge is -2.20. The van der Waals surface area contributed by atoms with E-state index in [1.807, 2.05) is 72.3 Å². The lowest BCUT2D eigenvalue weighted by Crippen LogP contribution is -2.35. The monoisotopic (exact) mass is 475 g/mol. The van der Waals surface area contributed by atoms with Crippen molar-refractivity contribution in [3.8, 4) is 11.4 Å². The van der Waals surface area contributed by atoms with E-state index in [-0.39, 0.29) is 18.0 Å². The van der Waals surface area contributed by atoms with Gasteiger partial charge in [0.05, 0.1) is 5.57 Å². The summed E-state index contributed by atoms with van der Waals surface area (Å²) >= 11 is 7.36. The van der Waals surface area contributed by atoms with Crippen LogP contribution in [0.2, 0.25) is 5.02 Å². The lowest BCUT2D eigenvalue weighted by molar-refractivity contribution is -0.114. The van der Waals surface area contributed by atoms with Gasteiger partial charge in [0.1, 0.15) is 17.4 Å².